The van der Waals surface area contributed by atoms with Crippen LogP contribution in [-0.4, -0.2) is 11.7 Å². The second-order valence-electron chi connectivity index (χ2n) is 6.73. The second kappa shape index (κ2) is 5.74. The summed E-state index contributed by atoms with van der Waals surface area (Å²) in [4.78, 5) is 10.8. The molecular formula is C19H15BrN2O4. The maximum absolute atomic E-state index is 11.2. The Morgan fingerprint density at radius 1 is 1.15 bits per heavy atom. The zero-order chi connectivity index (χ0) is 17.8. The number of ether oxygens (including phenoxy) is 2. The molecular weight excluding hydrogens is 400 g/mol. The molecule has 2 heterocycles. The van der Waals surface area contributed by atoms with Crippen molar-refractivity contribution in [3.63, 3.8) is 0 Å². The summed E-state index contributed by atoms with van der Waals surface area (Å²) in [5.74, 6) is 1.95. The van der Waals surface area contributed by atoms with E-state index >= 15 is 0 Å². The van der Waals surface area contributed by atoms with Crippen molar-refractivity contribution in [2.45, 2.75) is 18.4 Å². The molecule has 1 N–H and O–H groups in total. The van der Waals surface area contributed by atoms with Crippen LogP contribution < -0.4 is 14.8 Å². The maximum atomic E-state index is 11.2. The Morgan fingerprint density at radius 2 is 1.96 bits per heavy atom. The van der Waals surface area contributed by atoms with Crippen molar-refractivity contribution in [3.8, 4) is 11.5 Å². The Hall–Kier alpha value is -2.54. The summed E-state index contributed by atoms with van der Waals surface area (Å²) >= 11 is 3.67. The fourth-order valence-corrected chi connectivity index (χ4v) is 4.74. The first kappa shape index (κ1) is 15.7. The minimum Gasteiger partial charge on any atom is -0.454 e. The van der Waals surface area contributed by atoms with Crippen LogP contribution in [0.4, 0.5) is 11.4 Å². The van der Waals surface area contributed by atoms with Gasteiger partial charge >= 0.3 is 0 Å². The fourth-order valence-electron chi connectivity index (χ4n) is 4.17. The third-order valence-corrected chi connectivity index (χ3v) is 6.07. The minimum absolute atomic E-state index is 0.0767. The lowest BCUT2D eigenvalue weighted by Gasteiger charge is -2.37. The molecule has 0 spiro atoms. The lowest BCUT2D eigenvalue weighted by Crippen LogP contribution is -2.29. The highest BCUT2D eigenvalue weighted by atomic mass is 79.9. The van der Waals surface area contributed by atoms with Gasteiger partial charge < -0.3 is 14.8 Å². The number of halogens is 1. The normalized spacial score (nSPS) is 24.7. The molecule has 0 bridgehead atoms. The van der Waals surface area contributed by atoms with Gasteiger partial charge in [0.2, 0.25) is 6.79 Å². The molecule has 3 aliphatic rings. The van der Waals surface area contributed by atoms with Gasteiger partial charge in [-0.15, -0.1) is 0 Å². The van der Waals surface area contributed by atoms with Crippen LogP contribution in [0.1, 0.15) is 29.5 Å². The van der Waals surface area contributed by atoms with Gasteiger partial charge in [-0.05, 0) is 41.7 Å². The predicted octanol–water partition coefficient (Wildman–Crippen LogP) is 4.91. The molecule has 0 unspecified atom stereocenters. The van der Waals surface area contributed by atoms with E-state index in [9.17, 15) is 10.1 Å². The van der Waals surface area contributed by atoms with E-state index in [1.165, 1.54) is 0 Å². The van der Waals surface area contributed by atoms with E-state index in [0.29, 0.717) is 5.92 Å². The number of anilines is 1. The molecule has 2 aromatic carbocycles. The van der Waals surface area contributed by atoms with E-state index in [4.69, 9.17) is 9.47 Å². The third kappa shape index (κ3) is 2.30. The summed E-state index contributed by atoms with van der Waals surface area (Å²) in [6, 6.07) is 9.10. The summed E-state index contributed by atoms with van der Waals surface area (Å²) < 4.78 is 12.0. The second-order valence-corrected chi connectivity index (χ2v) is 7.59. The van der Waals surface area contributed by atoms with Gasteiger partial charge in [-0.1, -0.05) is 28.1 Å². The van der Waals surface area contributed by atoms with Crippen molar-refractivity contribution in [2.75, 3.05) is 12.1 Å². The lowest BCUT2D eigenvalue weighted by atomic mass is 9.77. The summed E-state index contributed by atoms with van der Waals surface area (Å²) in [7, 11) is 0. The van der Waals surface area contributed by atoms with E-state index < -0.39 is 0 Å². The Kier molecular flexibility index (Phi) is 3.46. The van der Waals surface area contributed by atoms with E-state index in [0.717, 1.165) is 39.2 Å². The summed E-state index contributed by atoms with van der Waals surface area (Å²) in [6.07, 6.45) is 5.26. The lowest BCUT2D eigenvalue weighted by molar-refractivity contribution is -0.384. The number of allylic oxidation sites excluding steroid dienone is 2. The van der Waals surface area contributed by atoms with Crippen molar-refractivity contribution < 1.29 is 14.4 Å². The SMILES string of the molecule is O=[N+]([O-])c1ccc2c(c1)[C@@H]1C=CC[C@@H]1[C@H](c1cc3c(cc1Br)OCO3)N2. The highest BCUT2D eigenvalue weighted by Gasteiger charge is 2.39. The van der Waals surface area contributed by atoms with Crippen LogP contribution in [0.2, 0.25) is 0 Å². The van der Waals surface area contributed by atoms with Crippen molar-refractivity contribution in [1.29, 1.82) is 0 Å². The highest BCUT2D eigenvalue weighted by Crippen LogP contribution is 2.52. The number of benzene rings is 2. The monoisotopic (exact) mass is 414 g/mol. The third-order valence-electron chi connectivity index (χ3n) is 5.38. The molecule has 0 fully saturated rings. The molecule has 0 saturated heterocycles. The standard InChI is InChI=1S/C19H15BrN2O4/c20-15-8-18-17(25-9-26-18)7-14(15)19-12-3-1-2-11(12)13-6-10(22(23)24)4-5-16(13)21-19/h1-2,4-8,11-12,19,21H,3,9H2/t11-,12+,19-/m1/s1. The molecule has 132 valence electrons. The molecule has 0 radical (unpaired) electrons. The number of rotatable bonds is 2. The van der Waals surface area contributed by atoms with E-state index in [2.05, 4.69) is 33.4 Å². The van der Waals surface area contributed by atoms with Gasteiger partial charge in [-0.25, -0.2) is 0 Å². The Morgan fingerprint density at radius 3 is 2.77 bits per heavy atom. The van der Waals surface area contributed by atoms with Gasteiger partial charge in [-0.3, -0.25) is 10.1 Å². The number of nitrogens with one attached hydrogen (secondary N) is 1. The minimum atomic E-state index is -0.339. The summed E-state index contributed by atoms with van der Waals surface area (Å²) in [5, 5.41) is 14.7. The van der Waals surface area contributed by atoms with Crippen molar-refractivity contribution in [1.82, 2.24) is 0 Å². The van der Waals surface area contributed by atoms with Crippen LogP contribution in [0, 0.1) is 16.0 Å². The number of non-ortho nitro benzene ring substituents is 1. The molecule has 1 aliphatic carbocycles. The molecule has 3 atom stereocenters. The molecule has 0 saturated carbocycles. The number of fused-ring (bicyclic) bond motifs is 4. The topological polar surface area (TPSA) is 73.6 Å². The van der Waals surface area contributed by atoms with Crippen molar-refractivity contribution in [3.05, 3.63) is 68.2 Å². The molecule has 2 aliphatic heterocycles. The van der Waals surface area contributed by atoms with E-state index in [-0.39, 0.29) is 29.4 Å². The number of hydrogen-bond donors (Lipinski definition) is 1. The Bertz CT molecular complexity index is 959. The van der Waals surface area contributed by atoms with Crippen molar-refractivity contribution >= 4 is 27.3 Å². The number of nitrogens with zero attached hydrogens (tertiary/aromatic N) is 1. The molecule has 2 aromatic rings. The van der Waals surface area contributed by atoms with E-state index in [1.54, 1.807) is 12.1 Å². The zero-order valence-corrected chi connectivity index (χ0v) is 15.2. The fraction of sp³-hybridized carbons (Fsp3) is 0.263. The van der Waals surface area contributed by atoms with Crippen LogP contribution >= 0.6 is 15.9 Å². The number of nitro groups is 1. The van der Waals surface area contributed by atoms with Crippen molar-refractivity contribution in [2.24, 2.45) is 5.92 Å². The van der Waals surface area contributed by atoms with Gasteiger partial charge in [0.1, 0.15) is 0 Å². The van der Waals surface area contributed by atoms with Gasteiger partial charge in [-0.2, -0.15) is 0 Å². The van der Waals surface area contributed by atoms with E-state index in [1.807, 2.05) is 18.2 Å². The molecule has 6 nitrogen and oxygen atoms in total. The smallest absolute Gasteiger partial charge is 0.269 e. The van der Waals surface area contributed by atoms with Gasteiger partial charge in [0.25, 0.3) is 5.69 Å². The molecule has 0 aromatic heterocycles. The molecule has 5 rings (SSSR count). The summed E-state index contributed by atoms with van der Waals surface area (Å²) in [5.41, 5.74) is 3.17. The Balaban J connectivity index is 1.59. The zero-order valence-electron chi connectivity index (χ0n) is 13.6. The van der Waals surface area contributed by atoms with Crippen LogP contribution in [0.15, 0.2) is 47.0 Å². The largest absolute Gasteiger partial charge is 0.454 e. The molecule has 26 heavy (non-hydrogen) atoms. The first-order chi connectivity index (χ1) is 12.6. The Labute approximate surface area is 158 Å². The predicted molar refractivity (Wildman–Crippen MR) is 99.7 cm³/mol. The molecule has 0 amide bonds. The van der Waals surface area contributed by atoms with Crippen LogP contribution in [-0.2, 0) is 0 Å². The highest BCUT2D eigenvalue weighted by molar-refractivity contribution is 9.10. The van der Waals surface area contributed by atoms with Gasteiger partial charge in [0, 0.05) is 28.2 Å². The van der Waals surface area contributed by atoms with Crippen LogP contribution in [0.25, 0.3) is 0 Å². The first-order valence-electron chi connectivity index (χ1n) is 8.42. The molecule has 7 heteroatoms. The summed E-state index contributed by atoms with van der Waals surface area (Å²) in [6.45, 7) is 0.240. The number of hydrogen-bond acceptors (Lipinski definition) is 5. The first-order valence-corrected chi connectivity index (χ1v) is 9.21. The number of nitro benzene ring substituents is 1. The van der Waals surface area contributed by atoms with Crippen LogP contribution in [0.3, 0.4) is 0 Å². The van der Waals surface area contributed by atoms with Gasteiger partial charge in [0.05, 0.1) is 11.0 Å². The van der Waals surface area contributed by atoms with Crippen LogP contribution in [0.5, 0.6) is 11.5 Å². The average Bonchev–Trinajstić information content (AvgIpc) is 3.29. The quantitative estimate of drug-likeness (QED) is 0.429. The van der Waals surface area contributed by atoms with Gasteiger partial charge in [0.15, 0.2) is 11.5 Å². The maximum Gasteiger partial charge on any atom is 0.269 e. The average molecular weight is 415 g/mol.